The standard InChI is InChI=1S/C23H28O11/c1-8-10-5-12-22-7-32-23(20(30)31-4,17(22)15(19(29)34-12)33-9(2)24)18(28)14(27)16(22)21(10,3)6-11(25)13(8)26/h10,12,14-18,26-28H,5-7H2,1-4H3/t10-,12+,14+,15+,16-,17-,18-,21-,22+,23+/m0/s1. The minimum atomic E-state index is -2.18. The van der Waals surface area contributed by atoms with Gasteiger partial charge in [-0.15, -0.1) is 0 Å². The molecule has 2 bridgehead atoms. The number of ether oxygens (including phenoxy) is 4. The number of esters is 3. The maximum absolute atomic E-state index is 13.1. The van der Waals surface area contributed by atoms with E-state index in [1.165, 1.54) is 0 Å². The van der Waals surface area contributed by atoms with Crippen LogP contribution in [0.3, 0.4) is 0 Å². The summed E-state index contributed by atoms with van der Waals surface area (Å²) in [6.07, 6.45) is -5.85. The second-order valence-corrected chi connectivity index (χ2v) is 10.5. The molecule has 0 radical (unpaired) electrons. The number of allylic oxidation sites excluding steroid dienone is 2. The van der Waals surface area contributed by atoms with Crippen LogP contribution < -0.4 is 0 Å². The molecule has 5 rings (SSSR count). The third-order valence-electron chi connectivity index (χ3n) is 9.13. The molecular formula is C23H28O11. The van der Waals surface area contributed by atoms with Crippen LogP contribution in [0.15, 0.2) is 11.3 Å². The van der Waals surface area contributed by atoms with E-state index in [1.54, 1.807) is 13.8 Å². The molecule has 10 atom stereocenters. The molecule has 0 aromatic carbocycles. The fourth-order valence-electron chi connectivity index (χ4n) is 8.03. The molecule has 11 heteroatoms. The Labute approximate surface area is 195 Å². The first kappa shape index (κ1) is 23.3. The molecule has 2 saturated heterocycles. The fourth-order valence-corrected chi connectivity index (χ4v) is 8.03. The van der Waals surface area contributed by atoms with Crippen LogP contribution in [0.2, 0.25) is 0 Å². The first-order valence-electron chi connectivity index (χ1n) is 11.3. The molecule has 34 heavy (non-hydrogen) atoms. The number of hydrogen-bond donors (Lipinski definition) is 3. The number of methoxy groups -OCH3 is 1. The average molecular weight is 480 g/mol. The van der Waals surface area contributed by atoms with Crippen LogP contribution in [0.4, 0.5) is 0 Å². The van der Waals surface area contributed by atoms with Crippen LogP contribution in [0.1, 0.15) is 33.6 Å². The molecule has 0 aromatic rings. The van der Waals surface area contributed by atoms with Gasteiger partial charge in [-0.25, -0.2) is 9.59 Å². The Morgan fingerprint density at radius 3 is 2.47 bits per heavy atom. The van der Waals surface area contributed by atoms with Gasteiger partial charge in [-0.3, -0.25) is 9.59 Å². The Morgan fingerprint density at radius 2 is 1.85 bits per heavy atom. The van der Waals surface area contributed by atoms with Crippen molar-refractivity contribution in [1.29, 1.82) is 0 Å². The molecule has 3 N–H and O–H groups in total. The molecule has 4 fully saturated rings. The van der Waals surface area contributed by atoms with Crippen molar-refractivity contribution in [2.24, 2.45) is 28.6 Å². The van der Waals surface area contributed by atoms with Gasteiger partial charge >= 0.3 is 17.9 Å². The number of rotatable bonds is 2. The lowest BCUT2D eigenvalue weighted by atomic mass is 9.38. The van der Waals surface area contributed by atoms with Gasteiger partial charge in [-0.05, 0) is 30.3 Å². The zero-order valence-corrected chi connectivity index (χ0v) is 19.3. The molecule has 2 heterocycles. The van der Waals surface area contributed by atoms with Crippen LogP contribution in [-0.2, 0) is 38.1 Å². The summed E-state index contributed by atoms with van der Waals surface area (Å²) in [5, 5.41) is 33.3. The Bertz CT molecular complexity index is 1030. The Morgan fingerprint density at radius 1 is 1.18 bits per heavy atom. The van der Waals surface area contributed by atoms with Crippen molar-refractivity contribution in [2.45, 2.75) is 63.6 Å². The van der Waals surface area contributed by atoms with Gasteiger partial charge in [0.05, 0.1) is 25.7 Å². The number of carbonyl (C=O) groups is 4. The van der Waals surface area contributed by atoms with E-state index < -0.39 is 82.3 Å². The largest absolute Gasteiger partial charge is 0.504 e. The van der Waals surface area contributed by atoms with Crippen molar-refractivity contribution < 1.29 is 53.4 Å². The highest BCUT2D eigenvalue weighted by Crippen LogP contribution is 2.72. The molecule has 1 spiro atoms. The molecule has 2 aliphatic heterocycles. The zero-order chi connectivity index (χ0) is 25.0. The quantitative estimate of drug-likeness (QED) is 0.347. The van der Waals surface area contributed by atoms with Crippen molar-refractivity contribution in [1.82, 2.24) is 0 Å². The van der Waals surface area contributed by atoms with Crippen molar-refractivity contribution in [3.8, 4) is 0 Å². The molecule has 11 nitrogen and oxygen atoms in total. The molecule has 186 valence electrons. The summed E-state index contributed by atoms with van der Waals surface area (Å²) in [5.41, 5.74) is -4.02. The maximum atomic E-state index is 13.1. The molecule has 0 unspecified atom stereocenters. The first-order chi connectivity index (χ1) is 15.9. The summed E-state index contributed by atoms with van der Waals surface area (Å²) in [6.45, 7) is 4.30. The minimum absolute atomic E-state index is 0.131. The Hall–Kier alpha value is -2.50. The second-order valence-electron chi connectivity index (χ2n) is 10.5. The predicted octanol–water partition coefficient (Wildman–Crippen LogP) is -0.429. The van der Waals surface area contributed by atoms with Crippen LogP contribution in [0.25, 0.3) is 0 Å². The van der Waals surface area contributed by atoms with E-state index in [0.29, 0.717) is 5.57 Å². The summed E-state index contributed by atoms with van der Waals surface area (Å²) < 4.78 is 22.0. The van der Waals surface area contributed by atoms with E-state index in [1.807, 2.05) is 0 Å². The van der Waals surface area contributed by atoms with Gasteiger partial charge in [-0.2, -0.15) is 0 Å². The summed E-state index contributed by atoms with van der Waals surface area (Å²) in [6, 6.07) is 0. The molecule has 0 amide bonds. The van der Waals surface area contributed by atoms with Crippen LogP contribution in [-0.4, -0.2) is 82.7 Å². The lowest BCUT2D eigenvalue weighted by Gasteiger charge is -2.67. The molecule has 3 aliphatic carbocycles. The number of hydrogen-bond acceptors (Lipinski definition) is 11. The second kappa shape index (κ2) is 7.02. The summed E-state index contributed by atoms with van der Waals surface area (Å²) in [5.74, 6) is -6.15. The monoisotopic (exact) mass is 480 g/mol. The van der Waals surface area contributed by atoms with Crippen molar-refractivity contribution in [3.63, 3.8) is 0 Å². The SMILES string of the molecule is COC(=O)[C@@]12OC[C@@]34[C@@H]1[C@@H](OC(C)=O)C(=O)O[C@@H]3C[C@H]1C(C)=C(O)C(=O)C[C@]1(C)[C@@H]4[C@@H](O)[C@@H]2O. The Kier molecular flexibility index (Phi) is 4.80. The van der Waals surface area contributed by atoms with E-state index in [4.69, 9.17) is 18.9 Å². The molecule has 2 saturated carbocycles. The normalized spacial score (nSPS) is 49.1. The predicted molar refractivity (Wildman–Crippen MR) is 109 cm³/mol. The van der Waals surface area contributed by atoms with E-state index in [-0.39, 0.29) is 25.2 Å². The van der Waals surface area contributed by atoms with E-state index in [0.717, 1.165) is 14.0 Å². The smallest absolute Gasteiger partial charge is 0.348 e. The highest BCUT2D eigenvalue weighted by atomic mass is 16.6. The van der Waals surface area contributed by atoms with Gasteiger partial charge < -0.3 is 34.3 Å². The minimum Gasteiger partial charge on any atom is -0.504 e. The molecule has 0 aromatic heterocycles. The first-order valence-corrected chi connectivity index (χ1v) is 11.3. The summed E-state index contributed by atoms with van der Waals surface area (Å²) in [4.78, 5) is 50.9. The van der Waals surface area contributed by atoms with Gasteiger partial charge in [0.15, 0.2) is 11.5 Å². The number of carbonyl (C=O) groups excluding carboxylic acids is 4. The van der Waals surface area contributed by atoms with E-state index >= 15 is 0 Å². The summed E-state index contributed by atoms with van der Waals surface area (Å²) >= 11 is 0. The maximum Gasteiger partial charge on any atom is 0.348 e. The third kappa shape index (κ3) is 2.42. The summed E-state index contributed by atoms with van der Waals surface area (Å²) in [7, 11) is 1.09. The van der Waals surface area contributed by atoms with Crippen molar-refractivity contribution in [3.05, 3.63) is 11.3 Å². The average Bonchev–Trinajstić information content (AvgIpc) is 3.08. The van der Waals surface area contributed by atoms with Crippen molar-refractivity contribution >= 4 is 23.7 Å². The van der Waals surface area contributed by atoms with Crippen LogP contribution >= 0.6 is 0 Å². The molecule has 5 aliphatic rings. The lowest BCUT2D eigenvalue weighted by molar-refractivity contribution is -0.290. The highest BCUT2D eigenvalue weighted by molar-refractivity contribution is 5.95. The third-order valence-corrected chi connectivity index (χ3v) is 9.13. The number of aliphatic hydroxyl groups excluding tert-OH is 3. The fraction of sp³-hybridized carbons (Fsp3) is 0.739. The number of aliphatic hydroxyl groups is 3. The lowest BCUT2D eigenvalue weighted by Crippen LogP contribution is -2.79. The van der Waals surface area contributed by atoms with Crippen LogP contribution in [0.5, 0.6) is 0 Å². The van der Waals surface area contributed by atoms with Gasteiger partial charge in [0.2, 0.25) is 11.7 Å². The van der Waals surface area contributed by atoms with Gasteiger partial charge in [-0.1, -0.05) is 6.92 Å². The topological polar surface area (TPSA) is 166 Å². The van der Waals surface area contributed by atoms with Crippen molar-refractivity contribution in [2.75, 3.05) is 13.7 Å². The van der Waals surface area contributed by atoms with Gasteiger partial charge in [0.25, 0.3) is 0 Å². The zero-order valence-electron chi connectivity index (χ0n) is 19.3. The van der Waals surface area contributed by atoms with E-state index in [2.05, 4.69) is 0 Å². The molecular weight excluding hydrogens is 452 g/mol. The van der Waals surface area contributed by atoms with Gasteiger partial charge in [0, 0.05) is 24.7 Å². The number of fused-ring (bicyclic) bond motifs is 2. The van der Waals surface area contributed by atoms with Crippen LogP contribution in [0, 0.1) is 28.6 Å². The highest BCUT2D eigenvalue weighted by Gasteiger charge is 2.85. The van der Waals surface area contributed by atoms with E-state index in [9.17, 15) is 34.5 Å². The number of Topliss-reactive ketones (excluding diaryl/α,β-unsaturated/α-hetero) is 1. The Balaban J connectivity index is 1.78. The number of ketones is 1. The van der Waals surface area contributed by atoms with Gasteiger partial charge in [0.1, 0.15) is 12.2 Å².